The zero-order chi connectivity index (χ0) is 41.9. The zero-order valence-electron chi connectivity index (χ0n) is 37.3. The largest absolute Gasteiger partial charge is 0.387 e. The number of hydrogen-bond donors (Lipinski definition) is 4. The second-order valence-corrected chi connectivity index (χ2v) is 18.4. The Hall–Kier alpha value is -1.48. The first-order chi connectivity index (χ1) is 27.7. The van der Waals surface area contributed by atoms with E-state index in [4.69, 9.17) is 0 Å². The number of aliphatic hydroxyl groups is 2. The normalized spacial score (nSPS) is 14.0. The predicted octanol–water partition coefficient (Wildman–Crippen LogP) is 13.8. The molecule has 0 aliphatic rings. The van der Waals surface area contributed by atoms with Gasteiger partial charge in [-0.25, -0.2) is 0 Å². The van der Waals surface area contributed by atoms with E-state index in [9.17, 15) is 28.0 Å². The van der Waals surface area contributed by atoms with Crippen molar-refractivity contribution in [1.82, 2.24) is 5.32 Å². The van der Waals surface area contributed by atoms with E-state index in [2.05, 4.69) is 43.5 Å². The van der Waals surface area contributed by atoms with Crippen molar-refractivity contribution < 1.29 is 28.0 Å². The van der Waals surface area contributed by atoms with Crippen molar-refractivity contribution in [3.8, 4) is 0 Å². The van der Waals surface area contributed by atoms with Crippen LogP contribution in [0.3, 0.4) is 0 Å². The highest BCUT2D eigenvalue weighted by atomic mass is 32.2. The van der Waals surface area contributed by atoms with Crippen LogP contribution >= 0.6 is 0 Å². The maximum absolute atomic E-state index is 12.7. The Balaban J connectivity index is 3.91. The first-order valence-corrected chi connectivity index (χ1v) is 25.9. The fraction of sp³-hybridized carbons (Fsp3) is 0.857. The molecule has 7 nitrogen and oxygen atoms in total. The standard InChI is InChI=1S/C49H93NO6S/c1-3-5-7-9-11-13-15-17-19-21-23-25-27-29-31-33-35-37-39-41-43-47(51)46(45-57(54,55)56)50-49(53)48(52)44-42-40-38-36-34-32-30-28-26-24-22-20-18-16-14-12-10-8-6-4-2/h6,8,12,14,41,43,46-48,51-52H,3-5,7,9-11,13,15-40,42,44-45H2,1-2H3,(H,50,53)(H,54,55,56)/b8-6-,14-12-,43-41+. The molecule has 336 valence electrons. The molecule has 8 heteroatoms. The van der Waals surface area contributed by atoms with E-state index in [1.54, 1.807) is 0 Å². The van der Waals surface area contributed by atoms with E-state index in [-0.39, 0.29) is 6.42 Å². The van der Waals surface area contributed by atoms with Gasteiger partial charge in [-0.1, -0.05) is 237 Å². The predicted molar refractivity (Wildman–Crippen MR) is 245 cm³/mol. The molecule has 4 N–H and O–H groups in total. The van der Waals surface area contributed by atoms with E-state index in [0.29, 0.717) is 6.42 Å². The number of unbranched alkanes of at least 4 members (excludes halogenated alkanes) is 31. The SMILES string of the molecule is CC/C=C\C/C=C\CCCCCCCCCCCCCCCC(O)C(=O)NC(CS(=O)(=O)O)C(O)/C=C/CCCCCCCCCCCCCCCCCCCC. The van der Waals surface area contributed by atoms with Gasteiger partial charge in [-0.05, 0) is 44.9 Å². The van der Waals surface area contributed by atoms with Gasteiger partial charge >= 0.3 is 0 Å². The van der Waals surface area contributed by atoms with Crippen molar-refractivity contribution in [2.24, 2.45) is 0 Å². The second-order valence-electron chi connectivity index (χ2n) is 16.9. The van der Waals surface area contributed by atoms with Crippen LogP contribution in [0.2, 0.25) is 0 Å². The van der Waals surface area contributed by atoms with E-state index >= 15 is 0 Å². The zero-order valence-corrected chi connectivity index (χ0v) is 38.2. The summed E-state index contributed by atoms with van der Waals surface area (Å²) in [7, 11) is -4.45. The maximum Gasteiger partial charge on any atom is 0.267 e. The summed E-state index contributed by atoms with van der Waals surface area (Å²) in [6.45, 7) is 4.44. The van der Waals surface area contributed by atoms with Gasteiger partial charge in [0.1, 0.15) is 6.10 Å². The fourth-order valence-electron chi connectivity index (χ4n) is 7.50. The Morgan fingerprint density at radius 1 is 0.509 bits per heavy atom. The minimum atomic E-state index is -4.45. The summed E-state index contributed by atoms with van der Waals surface area (Å²) in [6.07, 6.45) is 53.5. The summed E-state index contributed by atoms with van der Waals surface area (Å²) in [5.41, 5.74) is 0. The van der Waals surface area contributed by atoms with Crippen LogP contribution in [-0.2, 0) is 14.9 Å². The first-order valence-electron chi connectivity index (χ1n) is 24.3. The molecule has 0 aromatic carbocycles. The first kappa shape index (κ1) is 55.5. The summed E-state index contributed by atoms with van der Waals surface area (Å²) in [6, 6.07) is -1.23. The van der Waals surface area contributed by atoms with Crippen LogP contribution in [0.1, 0.15) is 245 Å². The van der Waals surface area contributed by atoms with Crippen molar-refractivity contribution in [2.45, 2.75) is 263 Å². The molecule has 0 aliphatic carbocycles. The van der Waals surface area contributed by atoms with Gasteiger partial charge in [-0.15, -0.1) is 0 Å². The van der Waals surface area contributed by atoms with Gasteiger partial charge in [0.2, 0.25) is 5.91 Å². The summed E-state index contributed by atoms with van der Waals surface area (Å²) < 4.78 is 32.7. The molecular weight excluding hydrogens is 731 g/mol. The number of rotatable bonds is 44. The average molecular weight is 824 g/mol. The van der Waals surface area contributed by atoms with Crippen molar-refractivity contribution >= 4 is 16.0 Å². The van der Waals surface area contributed by atoms with E-state index in [0.717, 1.165) is 51.4 Å². The highest BCUT2D eigenvalue weighted by molar-refractivity contribution is 7.85. The Kier molecular flexibility index (Phi) is 41.5. The van der Waals surface area contributed by atoms with Crippen molar-refractivity contribution in [3.63, 3.8) is 0 Å². The molecule has 0 radical (unpaired) electrons. The summed E-state index contributed by atoms with van der Waals surface area (Å²) in [4.78, 5) is 12.7. The van der Waals surface area contributed by atoms with Crippen LogP contribution in [0.25, 0.3) is 0 Å². The molecule has 0 saturated carbocycles. The highest BCUT2D eigenvalue weighted by Gasteiger charge is 2.27. The molecule has 3 atom stereocenters. The van der Waals surface area contributed by atoms with Gasteiger partial charge in [0.25, 0.3) is 10.1 Å². The molecule has 0 aliphatic heterocycles. The lowest BCUT2D eigenvalue weighted by Gasteiger charge is -2.22. The van der Waals surface area contributed by atoms with Crippen LogP contribution in [0.5, 0.6) is 0 Å². The Labute approximate surface area is 353 Å². The van der Waals surface area contributed by atoms with Crippen molar-refractivity contribution in [2.75, 3.05) is 5.75 Å². The van der Waals surface area contributed by atoms with Crippen molar-refractivity contribution in [3.05, 3.63) is 36.5 Å². The number of carbonyl (C=O) groups excluding carboxylic acids is 1. The third-order valence-corrected chi connectivity index (χ3v) is 12.0. The molecule has 0 aromatic rings. The Bertz CT molecular complexity index is 1060. The van der Waals surface area contributed by atoms with Gasteiger partial charge in [0.15, 0.2) is 0 Å². The van der Waals surface area contributed by atoms with Crippen LogP contribution in [-0.4, -0.2) is 53.1 Å². The lowest BCUT2D eigenvalue weighted by molar-refractivity contribution is -0.130. The van der Waals surface area contributed by atoms with Gasteiger partial charge in [-0.2, -0.15) is 8.42 Å². The Morgan fingerprint density at radius 2 is 0.877 bits per heavy atom. The van der Waals surface area contributed by atoms with Gasteiger partial charge in [-0.3, -0.25) is 9.35 Å². The lowest BCUT2D eigenvalue weighted by atomic mass is 10.0. The molecule has 0 rings (SSSR count). The van der Waals surface area contributed by atoms with Crippen molar-refractivity contribution in [1.29, 1.82) is 0 Å². The van der Waals surface area contributed by atoms with E-state index < -0.39 is 40.0 Å². The molecule has 0 bridgehead atoms. The number of aliphatic hydroxyl groups excluding tert-OH is 2. The molecule has 1 amide bonds. The maximum atomic E-state index is 12.7. The number of nitrogens with one attached hydrogen (secondary N) is 1. The third kappa shape index (κ3) is 42.5. The minimum absolute atomic E-state index is 0.280. The quantitative estimate of drug-likeness (QED) is 0.0276. The highest BCUT2D eigenvalue weighted by Crippen LogP contribution is 2.16. The van der Waals surface area contributed by atoms with Crippen LogP contribution in [0, 0.1) is 0 Å². The lowest BCUT2D eigenvalue weighted by Crippen LogP contribution is -2.50. The number of carbonyl (C=O) groups is 1. The molecule has 57 heavy (non-hydrogen) atoms. The molecular formula is C49H93NO6S. The van der Waals surface area contributed by atoms with Gasteiger partial charge < -0.3 is 15.5 Å². The molecule has 0 aromatic heterocycles. The fourth-order valence-corrected chi connectivity index (χ4v) is 8.23. The summed E-state index contributed by atoms with van der Waals surface area (Å²) in [5, 5.41) is 23.5. The number of amides is 1. The molecule has 0 fully saturated rings. The second kappa shape index (κ2) is 42.6. The van der Waals surface area contributed by atoms with E-state index in [1.807, 2.05) is 6.08 Å². The molecule has 0 heterocycles. The van der Waals surface area contributed by atoms with E-state index in [1.165, 1.54) is 173 Å². The van der Waals surface area contributed by atoms with Gasteiger partial charge in [0, 0.05) is 0 Å². The minimum Gasteiger partial charge on any atom is -0.387 e. The van der Waals surface area contributed by atoms with Crippen LogP contribution < -0.4 is 5.32 Å². The third-order valence-electron chi connectivity index (χ3n) is 11.2. The number of allylic oxidation sites excluding steroid dienone is 5. The Morgan fingerprint density at radius 3 is 1.28 bits per heavy atom. The van der Waals surface area contributed by atoms with Crippen LogP contribution in [0.15, 0.2) is 36.5 Å². The van der Waals surface area contributed by atoms with Gasteiger partial charge in [0.05, 0.1) is 17.9 Å². The molecule has 3 unspecified atom stereocenters. The molecule has 0 saturated heterocycles. The topological polar surface area (TPSA) is 124 Å². The summed E-state index contributed by atoms with van der Waals surface area (Å²) in [5.74, 6) is -1.53. The number of hydrogen-bond acceptors (Lipinski definition) is 5. The molecule has 0 spiro atoms. The monoisotopic (exact) mass is 824 g/mol. The van der Waals surface area contributed by atoms with Crippen LogP contribution in [0.4, 0.5) is 0 Å². The summed E-state index contributed by atoms with van der Waals surface area (Å²) >= 11 is 0. The average Bonchev–Trinajstić information content (AvgIpc) is 3.18. The smallest absolute Gasteiger partial charge is 0.267 e.